The number of anilines is 5. The highest BCUT2D eigenvalue weighted by Gasteiger charge is 2.09. The number of amides is 1. The van der Waals surface area contributed by atoms with Gasteiger partial charge in [-0.15, -0.1) is 0 Å². The van der Waals surface area contributed by atoms with Crippen molar-refractivity contribution in [2.45, 2.75) is 0 Å². The van der Waals surface area contributed by atoms with E-state index in [2.05, 4.69) is 35.9 Å². The number of hydrogen-bond acceptors (Lipinski definition) is 10. The van der Waals surface area contributed by atoms with Crippen LogP contribution in [0.25, 0.3) is 10.4 Å². The smallest absolute Gasteiger partial charge is 0.248 e. The monoisotopic (exact) mass is 613 g/mol. The van der Waals surface area contributed by atoms with Crippen LogP contribution in [-0.2, 0) is 14.3 Å². The molecule has 3 rings (SSSR count). The van der Waals surface area contributed by atoms with E-state index in [1.165, 1.54) is 31.6 Å². The fourth-order valence-electron chi connectivity index (χ4n) is 3.54. The van der Waals surface area contributed by atoms with Gasteiger partial charge in [-0.2, -0.15) is 0 Å². The summed E-state index contributed by atoms with van der Waals surface area (Å²) in [5.74, 6) is 0.650. The van der Waals surface area contributed by atoms with Crippen LogP contribution in [0.2, 0.25) is 5.02 Å². The second kappa shape index (κ2) is 18.2. The van der Waals surface area contributed by atoms with E-state index in [1.807, 2.05) is 11.9 Å². The molecule has 3 aromatic rings. The summed E-state index contributed by atoms with van der Waals surface area (Å²) in [5, 5.41) is 12.4. The molecule has 43 heavy (non-hydrogen) atoms. The van der Waals surface area contributed by atoms with Crippen molar-refractivity contribution in [1.29, 1.82) is 0 Å². The molecule has 0 fully saturated rings. The molecule has 1 amide bonds. The number of halogens is 2. The fourth-order valence-corrected chi connectivity index (χ4v) is 3.73. The quantitative estimate of drug-likeness (QED) is 0.0551. The summed E-state index contributed by atoms with van der Waals surface area (Å²) in [5.41, 5.74) is 9.88. The Bertz CT molecular complexity index is 1420. The van der Waals surface area contributed by atoms with Gasteiger partial charge in [0.25, 0.3) is 0 Å². The zero-order valence-corrected chi connectivity index (χ0v) is 24.6. The fraction of sp³-hybridized carbons (Fsp3) is 0.321. The Balaban J connectivity index is 1.47. The molecule has 0 atom stereocenters. The van der Waals surface area contributed by atoms with E-state index in [0.29, 0.717) is 80.5 Å². The van der Waals surface area contributed by atoms with Crippen molar-refractivity contribution >= 4 is 46.2 Å². The molecular weight excluding hydrogens is 581 g/mol. The second-order valence-electron chi connectivity index (χ2n) is 8.92. The van der Waals surface area contributed by atoms with Crippen LogP contribution in [0.5, 0.6) is 5.75 Å². The summed E-state index contributed by atoms with van der Waals surface area (Å²) in [6.07, 6.45) is 4.60. The average Bonchev–Trinajstić information content (AvgIpc) is 2.98. The molecule has 0 radical (unpaired) electrons. The van der Waals surface area contributed by atoms with Gasteiger partial charge < -0.3 is 35.1 Å². The average molecular weight is 614 g/mol. The molecule has 0 aliphatic heterocycles. The van der Waals surface area contributed by atoms with E-state index in [-0.39, 0.29) is 10.9 Å². The Kier molecular flexibility index (Phi) is 14.0. The number of methoxy groups -OCH3 is 1. The van der Waals surface area contributed by atoms with Gasteiger partial charge in [0.1, 0.15) is 29.5 Å². The SMILES string of the molecule is COc1ccc(NC(=O)C=CCN(C)CCOCCOCCN=[N+]=[N-])cc1Nc1cc(Nc2ccc(F)c(Cl)c2)ncn1. The highest BCUT2D eigenvalue weighted by molar-refractivity contribution is 6.31. The van der Waals surface area contributed by atoms with Crippen molar-refractivity contribution in [1.82, 2.24) is 14.9 Å². The lowest BCUT2D eigenvalue weighted by molar-refractivity contribution is -0.111. The molecule has 1 aromatic heterocycles. The minimum Gasteiger partial charge on any atom is -0.495 e. The number of nitrogens with one attached hydrogen (secondary N) is 3. The first-order chi connectivity index (χ1) is 20.9. The van der Waals surface area contributed by atoms with Gasteiger partial charge in [-0.05, 0) is 49.0 Å². The highest BCUT2D eigenvalue weighted by atomic mass is 35.5. The van der Waals surface area contributed by atoms with Crippen LogP contribution in [0, 0.1) is 5.82 Å². The van der Waals surface area contributed by atoms with Gasteiger partial charge in [0.2, 0.25) is 5.91 Å². The summed E-state index contributed by atoms with van der Waals surface area (Å²) >= 11 is 5.86. The number of carbonyl (C=O) groups is 1. The van der Waals surface area contributed by atoms with E-state index >= 15 is 0 Å². The first-order valence-electron chi connectivity index (χ1n) is 13.2. The van der Waals surface area contributed by atoms with Crippen molar-refractivity contribution in [2.75, 3.05) is 76.2 Å². The third-order valence-corrected chi connectivity index (χ3v) is 5.95. The van der Waals surface area contributed by atoms with Crippen molar-refractivity contribution in [3.63, 3.8) is 0 Å². The summed E-state index contributed by atoms with van der Waals surface area (Å²) < 4.78 is 29.7. The lowest BCUT2D eigenvalue weighted by Crippen LogP contribution is -2.24. The van der Waals surface area contributed by atoms with E-state index in [9.17, 15) is 9.18 Å². The van der Waals surface area contributed by atoms with Crippen LogP contribution in [0.3, 0.4) is 0 Å². The van der Waals surface area contributed by atoms with Crippen molar-refractivity contribution < 1.29 is 23.4 Å². The molecule has 0 unspecified atom stereocenters. The van der Waals surface area contributed by atoms with Crippen molar-refractivity contribution in [3.05, 3.63) is 82.2 Å². The number of likely N-dealkylation sites (N-methyl/N-ethyl adjacent to an activating group) is 1. The van der Waals surface area contributed by atoms with E-state index < -0.39 is 5.82 Å². The van der Waals surface area contributed by atoms with Crippen molar-refractivity contribution in [2.24, 2.45) is 5.11 Å². The number of rotatable bonds is 18. The molecule has 228 valence electrons. The van der Waals surface area contributed by atoms with Gasteiger partial charge in [-0.1, -0.05) is 22.8 Å². The Morgan fingerprint density at radius 3 is 2.56 bits per heavy atom. The van der Waals surface area contributed by atoms with Crippen LogP contribution in [0.4, 0.5) is 33.1 Å². The van der Waals surface area contributed by atoms with Gasteiger partial charge in [0.05, 0.1) is 44.2 Å². The first kappa shape index (κ1) is 33.0. The maximum Gasteiger partial charge on any atom is 0.248 e. The number of aromatic nitrogens is 2. The third-order valence-electron chi connectivity index (χ3n) is 5.66. The van der Waals surface area contributed by atoms with Gasteiger partial charge >= 0.3 is 0 Å². The van der Waals surface area contributed by atoms with Gasteiger partial charge in [-0.25, -0.2) is 14.4 Å². The normalized spacial score (nSPS) is 10.9. The third kappa shape index (κ3) is 12.1. The molecule has 0 saturated heterocycles. The maximum atomic E-state index is 13.5. The number of ether oxygens (including phenoxy) is 3. The molecular formula is C28H33ClFN9O4. The zero-order chi connectivity index (χ0) is 30.9. The molecule has 13 nitrogen and oxygen atoms in total. The number of hydrogen-bond donors (Lipinski definition) is 3. The summed E-state index contributed by atoms with van der Waals surface area (Å²) in [4.78, 5) is 25.6. The van der Waals surface area contributed by atoms with Crippen LogP contribution in [0.1, 0.15) is 0 Å². The van der Waals surface area contributed by atoms with Crippen LogP contribution in [0.15, 0.2) is 66.1 Å². The molecule has 0 spiro atoms. The Morgan fingerprint density at radius 1 is 1.07 bits per heavy atom. The number of azide groups is 1. The van der Waals surface area contributed by atoms with E-state index in [1.54, 1.807) is 36.4 Å². The lowest BCUT2D eigenvalue weighted by Gasteiger charge is -2.14. The predicted octanol–water partition coefficient (Wildman–Crippen LogP) is 5.53. The summed E-state index contributed by atoms with van der Waals surface area (Å²) in [6, 6.07) is 11.1. The molecule has 1 heterocycles. The molecule has 0 aliphatic rings. The van der Waals surface area contributed by atoms with Gasteiger partial charge in [0, 0.05) is 48.1 Å². The first-order valence-corrected chi connectivity index (χ1v) is 13.6. The van der Waals surface area contributed by atoms with Crippen LogP contribution in [-0.4, -0.2) is 81.0 Å². The highest BCUT2D eigenvalue weighted by Crippen LogP contribution is 2.31. The number of benzene rings is 2. The minimum atomic E-state index is -0.513. The summed E-state index contributed by atoms with van der Waals surface area (Å²) in [7, 11) is 3.46. The molecule has 0 aliphatic carbocycles. The van der Waals surface area contributed by atoms with Gasteiger partial charge in [-0.3, -0.25) is 4.79 Å². The standard InChI is InChI=1S/C28H33ClFN9O4/c1-39(11-13-43-15-14-42-12-9-34-38-31)10-3-4-28(40)36-21-6-8-25(41-2)24(17-21)37-27-18-26(32-19-33-27)35-20-5-7-23(30)22(29)16-20/h3-8,16-19H,9-15H2,1-2H3,(H,36,40)(H2,32,33,35,37). The van der Waals surface area contributed by atoms with E-state index in [4.69, 9.17) is 31.3 Å². The maximum absolute atomic E-state index is 13.5. The van der Waals surface area contributed by atoms with Gasteiger partial charge in [0.15, 0.2) is 0 Å². The minimum absolute atomic E-state index is 0.00709. The van der Waals surface area contributed by atoms with Crippen LogP contribution < -0.4 is 20.7 Å². The second-order valence-corrected chi connectivity index (χ2v) is 9.32. The molecule has 2 aromatic carbocycles. The summed E-state index contributed by atoms with van der Waals surface area (Å²) in [6.45, 7) is 3.29. The largest absolute Gasteiger partial charge is 0.495 e. The number of nitrogens with zero attached hydrogens (tertiary/aromatic N) is 6. The van der Waals surface area contributed by atoms with Crippen LogP contribution >= 0.6 is 11.6 Å². The van der Waals surface area contributed by atoms with Crippen molar-refractivity contribution in [3.8, 4) is 5.75 Å². The molecule has 0 bridgehead atoms. The molecule has 0 saturated carbocycles. The molecule has 3 N–H and O–H groups in total. The Hall–Kier alpha value is -4.46. The topological polar surface area (TPSA) is 159 Å². The zero-order valence-electron chi connectivity index (χ0n) is 23.8. The van der Waals surface area contributed by atoms with E-state index in [0.717, 1.165) is 0 Å². The molecule has 15 heteroatoms. The lowest BCUT2D eigenvalue weighted by atomic mass is 10.2. The Morgan fingerprint density at radius 2 is 1.81 bits per heavy atom. The Labute approximate surface area is 253 Å². The number of carbonyl (C=O) groups excluding carboxylic acids is 1. The predicted molar refractivity (Wildman–Crippen MR) is 164 cm³/mol.